The van der Waals surface area contributed by atoms with E-state index in [0.29, 0.717) is 0 Å². The lowest BCUT2D eigenvalue weighted by Crippen LogP contribution is -3.13. The number of nitrogens with zero attached hydrogens (tertiary/aromatic N) is 2. The van der Waals surface area contributed by atoms with Crippen LogP contribution in [0.3, 0.4) is 0 Å². The van der Waals surface area contributed by atoms with Crippen LogP contribution in [-0.4, -0.2) is 52.7 Å². The normalized spacial score (nSPS) is 17.7. The van der Waals surface area contributed by atoms with Gasteiger partial charge in [-0.3, -0.25) is 4.79 Å². The first-order chi connectivity index (χ1) is 13.7. The van der Waals surface area contributed by atoms with E-state index >= 15 is 0 Å². The van der Waals surface area contributed by atoms with Gasteiger partial charge in [-0.25, -0.2) is 4.98 Å². The number of quaternary nitrogens is 1. The van der Waals surface area contributed by atoms with E-state index in [1.54, 1.807) is 11.3 Å². The van der Waals surface area contributed by atoms with Gasteiger partial charge in [0.25, 0.3) is 5.56 Å². The third kappa shape index (κ3) is 4.23. The third-order valence-electron chi connectivity index (χ3n) is 5.86. The van der Waals surface area contributed by atoms with E-state index in [2.05, 4.69) is 22.1 Å². The molecule has 3 heterocycles. The minimum atomic E-state index is 0.0544. The number of nitrogens with one attached hydrogen (secondary N) is 3. The Morgan fingerprint density at radius 3 is 2.89 bits per heavy atom. The lowest BCUT2D eigenvalue weighted by Gasteiger charge is -2.33. The van der Waals surface area contributed by atoms with Crippen LogP contribution in [0.2, 0.25) is 0 Å². The fraction of sp³-hybridized carbons (Fsp3) is 0.650. The number of hydrogen-bond acceptors (Lipinski definition) is 4. The van der Waals surface area contributed by atoms with Crippen molar-refractivity contribution in [2.45, 2.75) is 52.0 Å². The van der Waals surface area contributed by atoms with Crippen molar-refractivity contribution in [1.82, 2.24) is 20.2 Å². The molecule has 0 atom stereocenters. The number of aryl methyl sites for hydroxylation is 2. The summed E-state index contributed by atoms with van der Waals surface area (Å²) in [7, 11) is 0. The monoisotopic (exact) mass is 420 g/mol. The molecular weight excluding hydrogens is 390 g/mol. The molecule has 6 nitrogen and oxygen atoms in total. The summed E-state index contributed by atoms with van der Waals surface area (Å²) in [5.41, 5.74) is 1.32. The van der Waals surface area contributed by atoms with Crippen LogP contribution in [0.15, 0.2) is 4.79 Å². The van der Waals surface area contributed by atoms with Crippen LogP contribution in [0.25, 0.3) is 10.2 Å². The van der Waals surface area contributed by atoms with Crippen LogP contribution in [-0.2, 0) is 19.4 Å². The summed E-state index contributed by atoms with van der Waals surface area (Å²) in [5.74, 6) is 0.822. The molecule has 0 amide bonds. The van der Waals surface area contributed by atoms with Gasteiger partial charge in [-0.2, -0.15) is 0 Å². The molecule has 2 aromatic heterocycles. The second-order valence-corrected chi connectivity index (χ2v) is 9.37. The van der Waals surface area contributed by atoms with Crippen molar-refractivity contribution < 1.29 is 4.90 Å². The zero-order valence-electron chi connectivity index (χ0n) is 16.6. The molecule has 0 unspecified atom stereocenters. The van der Waals surface area contributed by atoms with E-state index in [-0.39, 0.29) is 5.56 Å². The van der Waals surface area contributed by atoms with Gasteiger partial charge in [0.05, 0.1) is 31.6 Å². The largest absolute Gasteiger partial charge is 0.363 e. The topological polar surface area (TPSA) is 65.5 Å². The zero-order chi connectivity index (χ0) is 19.5. The molecule has 2 aliphatic rings. The number of aromatic amines is 1. The third-order valence-corrected chi connectivity index (χ3v) is 7.44. The number of fused-ring (bicyclic) bond motifs is 3. The molecule has 1 saturated heterocycles. The highest BCUT2D eigenvalue weighted by Crippen LogP contribution is 2.33. The summed E-state index contributed by atoms with van der Waals surface area (Å²) in [6.07, 6.45) is 6.87. The fourth-order valence-electron chi connectivity index (χ4n) is 4.22. The summed E-state index contributed by atoms with van der Waals surface area (Å²) in [4.78, 5) is 26.6. The summed E-state index contributed by atoms with van der Waals surface area (Å²) in [6.45, 7) is 7.85. The highest BCUT2D eigenvalue weighted by molar-refractivity contribution is 7.80. The van der Waals surface area contributed by atoms with Crippen LogP contribution in [0.5, 0.6) is 0 Å². The SMILES string of the molecule is CCCCNC(=S)N1CC[NH+](Cc2nc3sc4c(c3c(=O)[nH]2)CCCC4)CC1. The molecule has 28 heavy (non-hydrogen) atoms. The molecule has 0 bridgehead atoms. The Morgan fingerprint density at radius 1 is 1.32 bits per heavy atom. The first-order valence-electron chi connectivity index (χ1n) is 10.6. The molecule has 152 valence electrons. The Balaban J connectivity index is 1.38. The molecule has 1 aliphatic carbocycles. The molecule has 3 N–H and O–H groups in total. The van der Waals surface area contributed by atoms with E-state index in [4.69, 9.17) is 17.2 Å². The van der Waals surface area contributed by atoms with E-state index in [1.165, 1.54) is 34.6 Å². The number of thiophene rings is 1. The van der Waals surface area contributed by atoms with Crippen LogP contribution < -0.4 is 15.8 Å². The highest BCUT2D eigenvalue weighted by atomic mass is 32.1. The van der Waals surface area contributed by atoms with E-state index in [1.807, 2.05) is 0 Å². The number of rotatable bonds is 5. The van der Waals surface area contributed by atoms with E-state index < -0.39 is 0 Å². The summed E-state index contributed by atoms with van der Waals surface area (Å²) >= 11 is 7.25. The minimum absolute atomic E-state index is 0.0544. The van der Waals surface area contributed by atoms with Crippen LogP contribution in [0, 0.1) is 0 Å². The lowest BCUT2D eigenvalue weighted by atomic mass is 9.97. The molecular formula is C20H30N5OS2+. The molecule has 4 rings (SSSR count). The minimum Gasteiger partial charge on any atom is -0.363 e. The predicted octanol–water partition coefficient (Wildman–Crippen LogP) is 1.24. The first kappa shape index (κ1) is 19.8. The molecule has 0 radical (unpaired) electrons. The Hall–Kier alpha value is -1.51. The number of thiocarbonyl (C=S) groups is 1. The average molecular weight is 421 g/mol. The van der Waals surface area contributed by atoms with Crippen LogP contribution in [0.1, 0.15) is 48.9 Å². The number of piperazine rings is 1. The molecule has 8 heteroatoms. The average Bonchev–Trinajstić information content (AvgIpc) is 3.07. The number of aromatic nitrogens is 2. The molecule has 0 saturated carbocycles. The van der Waals surface area contributed by atoms with Crippen molar-refractivity contribution in [2.24, 2.45) is 0 Å². The highest BCUT2D eigenvalue weighted by Gasteiger charge is 2.24. The van der Waals surface area contributed by atoms with Crippen LogP contribution in [0.4, 0.5) is 0 Å². The predicted molar refractivity (Wildman–Crippen MR) is 118 cm³/mol. The van der Waals surface area contributed by atoms with Gasteiger partial charge < -0.3 is 20.1 Å². The van der Waals surface area contributed by atoms with Gasteiger partial charge in [-0.15, -0.1) is 11.3 Å². The van der Waals surface area contributed by atoms with Crippen molar-refractivity contribution in [3.63, 3.8) is 0 Å². The standard InChI is InChI=1S/C20H29N5OS2/c1-2-3-8-21-20(27)25-11-9-24(10-12-25)13-16-22-18(26)17-14-6-4-5-7-15(14)28-19(17)23-16/h2-13H2,1H3,(H,21,27)(H,22,23,26)/p+1. The van der Waals surface area contributed by atoms with E-state index in [9.17, 15) is 4.79 Å². The molecule has 0 spiro atoms. The maximum atomic E-state index is 12.7. The van der Waals surface area contributed by atoms with Crippen LogP contribution >= 0.6 is 23.6 Å². The van der Waals surface area contributed by atoms with Crippen molar-refractivity contribution in [2.75, 3.05) is 32.7 Å². The van der Waals surface area contributed by atoms with Gasteiger partial charge in [0, 0.05) is 11.4 Å². The van der Waals surface area contributed by atoms with Gasteiger partial charge in [-0.05, 0) is 49.9 Å². The van der Waals surface area contributed by atoms with Gasteiger partial charge >= 0.3 is 0 Å². The fourth-order valence-corrected chi connectivity index (χ4v) is 5.78. The summed E-state index contributed by atoms with van der Waals surface area (Å²) in [5, 5.41) is 5.09. The second kappa shape index (κ2) is 8.88. The Labute approximate surface area is 175 Å². The lowest BCUT2D eigenvalue weighted by molar-refractivity contribution is -0.918. The number of unbranched alkanes of at least 4 members (excludes halogenated alkanes) is 1. The van der Waals surface area contributed by atoms with Crippen molar-refractivity contribution in [3.8, 4) is 0 Å². The molecule has 2 aromatic rings. The van der Waals surface area contributed by atoms with Crippen molar-refractivity contribution in [3.05, 3.63) is 26.6 Å². The van der Waals surface area contributed by atoms with Gasteiger partial charge in [0.1, 0.15) is 11.4 Å². The quantitative estimate of drug-likeness (QED) is 0.502. The van der Waals surface area contributed by atoms with Gasteiger partial charge in [0.15, 0.2) is 10.9 Å². The molecule has 1 fully saturated rings. The first-order valence-corrected chi connectivity index (χ1v) is 11.8. The van der Waals surface area contributed by atoms with Gasteiger partial charge in [-0.1, -0.05) is 13.3 Å². The zero-order valence-corrected chi connectivity index (χ0v) is 18.2. The van der Waals surface area contributed by atoms with E-state index in [0.717, 1.165) is 79.7 Å². The summed E-state index contributed by atoms with van der Waals surface area (Å²) < 4.78 is 0. The smallest absolute Gasteiger partial charge is 0.260 e. The number of hydrogen-bond donors (Lipinski definition) is 3. The summed E-state index contributed by atoms with van der Waals surface area (Å²) in [6, 6.07) is 0. The maximum absolute atomic E-state index is 12.7. The second-order valence-electron chi connectivity index (χ2n) is 7.90. The Morgan fingerprint density at radius 2 is 2.11 bits per heavy atom. The van der Waals surface area contributed by atoms with Gasteiger partial charge in [0.2, 0.25) is 0 Å². The van der Waals surface area contributed by atoms with Crippen molar-refractivity contribution >= 4 is 38.9 Å². The maximum Gasteiger partial charge on any atom is 0.260 e. The Bertz CT molecular complexity index is 898. The number of H-pyrrole nitrogens is 1. The molecule has 1 aliphatic heterocycles. The Kier molecular flexibility index (Phi) is 6.28. The van der Waals surface area contributed by atoms with Crippen molar-refractivity contribution in [1.29, 1.82) is 0 Å². The molecule has 0 aromatic carbocycles.